The molecule has 0 fully saturated rings. The fourth-order valence-corrected chi connectivity index (χ4v) is 0. The Hall–Kier alpha value is 3.20. The average molecular weight is 666 g/mol. The Bertz CT molecular complexity index is 6.00. The van der Waals surface area contributed by atoms with Gasteiger partial charge < -0.3 is 0 Å². The number of rotatable bonds is 0. The third kappa shape index (κ3) is 8.96. The summed E-state index contributed by atoms with van der Waals surface area (Å²) in [7, 11) is 0. The van der Waals surface area contributed by atoms with Crippen LogP contribution in [-0.2, 0) is 22.4 Å². The predicted octanol–water partition coefficient (Wildman–Crippen LogP) is -2.48. The molecule has 0 saturated carbocycles. The molecule has 0 aliphatic carbocycles. The topological polar surface area (TPSA) is 0 Å². The summed E-state index contributed by atoms with van der Waals surface area (Å²) in [6.45, 7) is 0. The van der Waals surface area contributed by atoms with Crippen LogP contribution in [0.5, 0.6) is 0 Å². The Balaban J connectivity index is 0. The van der Waals surface area contributed by atoms with E-state index in [1.807, 2.05) is 0 Å². The zero-order valence-corrected chi connectivity index (χ0v) is 14.7. The summed E-state index contributed by atoms with van der Waals surface area (Å²) < 4.78 is 0. The first-order valence-electron chi connectivity index (χ1n) is 0. The molecule has 0 rings (SSSR count). The zero-order chi connectivity index (χ0) is 0. The predicted molar refractivity (Wildman–Crippen MR) is 24.2 cm³/mol. The Morgan fingerprint density at radius 3 is 0.750 bits per heavy atom. The molecule has 0 atom stereocenters. The van der Waals surface area contributed by atoms with Gasteiger partial charge >= 0.3 is 73.5 Å². The molecule has 4 heavy (non-hydrogen) atoms. The summed E-state index contributed by atoms with van der Waals surface area (Å²) in [6, 6.07) is 0. The van der Waals surface area contributed by atoms with Crippen LogP contribution in [0.1, 0.15) is 0 Å². The molecule has 0 nitrogen and oxygen atoms in total. The van der Waals surface area contributed by atoms with Crippen molar-refractivity contribution < 1.29 is 22.4 Å². The van der Waals surface area contributed by atoms with Crippen LogP contribution in [0.3, 0.4) is 0 Å². The second-order valence-corrected chi connectivity index (χ2v) is 0. The van der Waals surface area contributed by atoms with Crippen molar-refractivity contribution in [2.75, 3.05) is 0 Å². The van der Waals surface area contributed by atoms with Gasteiger partial charge in [0.2, 0.25) is 0 Å². The first-order valence-corrected chi connectivity index (χ1v) is 0. The maximum absolute atomic E-state index is 0. The second kappa shape index (κ2) is 16.4. The van der Waals surface area contributed by atoms with Crippen molar-refractivity contribution in [3.05, 3.63) is 0 Å². The van der Waals surface area contributed by atoms with E-state index in [9.17, 15) is 0 Å². The Morgan fingerprint density at radius 1 is 0.750 bits per heavy atom. The van der Waals surface area contributed by atoms with Gasteiger partial charge in [-0.3, -0.25) is 0 Å². The molecule has 33 valence electrons. The molecular weight excluding hydrogens is 661 g/mol. The fourth-order valence-electron chi connectivity index (χ4n) is 0. The molecule has 0 unspecified atom stereocenters. The van der Waals surface area contributed by atoms with Crippen molar-refractivity contribution >= 4 is 73.5 Å². The van der Waals surface area contributed by atoms with Crippen LogP contribution in [0.4, 0.5) is 0 Å². The van der Waals surface area contributed by atoms with Crippen LogP contribution >= 0.6 is 0 Å². The van der Waals surface area contributed by atoms with Crippen LogP contribution in [0.15, 0.2) is 0 Å². The molecule has 0 bridgehead atoms. The van der Waals surface area contributed by atoms with E-state index in [-0.39, 0.29) is 95.9 Å². The van der Waals surface area contributed by atoms with Gasteiger partial charge in [-0.15, -0.1) is 0 Å². The van der Waals surface area contributed by atoms with E-state index in [2.05, 4.69) is 0 Å². The molecular formula is H5AuBiTe2. The first-order chi connectivity index (χ1) is 0. The van der Waals surface area contributed by atoms with Gasteiger partial charge in [-0.05, 0) is 0 Å². The fraction of sp³-hybridized carbons (Fsp3) is 0. The standard InChI is InChI=1S/Au.Bi.2HTe.3H/h;;2*1H;;;. The Morgan fingerprint density at radius 2 is 0.750 bits per heavy atom. The van der Waals surface area contributed by atoms with Gasteiger partial charge in [0, 0.05) is 22.4 Å². The monoisotopic (exact) mass is 671 g/mol. The quantitative estimate of drug-likeness (QED) is 0.252. The van der Waals surface area contributed by atoms with E-state index in [0.717, 1.165) is 0 Å². The van der Waals surface area contributed by atoms with Crippen LogP contribution in [0.2, 0.25) is 0 Å². The normalized spacial score (nSPS) is 0. The van der Waals surface area contributed by atoms with E-state index in [1.165, 1.54) is 0 Å². The molecule has 3 radical (unpaired) electrons. The van der Waals surface area contributed by atoms with Gasteiger partial charge in [-0.1, -0.05) is 0 Å². The minimum atomic E-state index is 0. The molecule has 0 aromatic heterocycles. The van der Waals surface area contributed by atoms with Gasteiger partial charge in [-0.2, -0.15) is 0 Å². The Kier molecular flexibility index (Phi) is 111. The summed E-state index contributed by atoms with van der Waals surface area (Å²) >= 11 is 0. The van der Waals surface area contributed by atoms with Crippen LogP contribution in [0, 0.1) is 0 Å². The second-order valence-electron chi connectivity index (χ2n) is 0. The number of hydrogen-bond acceptors (Lipinski definition) is 0. The van der Waals surface area contributed by atoms with Crippen molar-refractivity contribution in [2.45, 2.75) is 0 Å². The molecule has 0 saturated heterocycles. The molecule has 0 aromatic rings. The maximum atomic E-state index is 0. The van der Waals surface area contributed by atoms with Crippen LogP contribution in [-0.4, -0.2) is 73.5 Å². The van der Waals surface area contributed by atoms with Gasteiger partial charge in [0.1, 0.15) is 0 Å². The van der Waals surface area contributed by atoms with Gasteiger partial charge in [-0.25, -0.2) is 0 Å². The summed E-state index contributed by atoms with van der Waals surface area (Å²) in [5, 5.41) is 0. The van der Waals surface area contributed by atoms with Crippen molar-refractivity contribution in [1.29, 1.82) is 0 Å². The van der Waals surface area contributed by atoms with E-state index in [1.54, 1.807) is 0 Å². The molecule has 4 heteroatoms. The third-order valence-corrected chi connectivity index (χ3v) is 0. The van der Waals surface area contributed by atoms with E-state index < -0.39 is 0 Å². The van der Waals surface area contributed by atoms with E-state index >= 15 is 0 Å². The first kappa shape index (κ1) is 27.0. The summed E-state index contributed by atoms with van der Waals surface area (Å²) in [5.74, 6) is 0. The minimum absolute atomic E-state index is 0. The van der Waals surface area contributed by atoms with E-state index in [0.29, 0.717) is 0 Å². The van der Waals surface area contributed by atoms with Crippen LogP contribution < -0.4 is 0 Å². The molecule has 0 aromatic carbocycles. The summed E-state index contributed by atoms with van der Waals surface area (Å²) in [5.41, 5.74) is 0. The van der Waals surface area contributed by atoms with E-state index in [4.69, 9.17) is 0 Å². The molecule has 0 aliphatic heterocycles. The van der Waals surface area contributed by atoms with Crippen molar-refractivity contribution in [2.24, 2.45) is 0 Å². The zero-order valence-electron chi connectivity index (χ0n) is 1.90. The SMILES string of the molecule is [Au].[BiH3].[TeH].[TeH]. The molecule has 0 heterocycles. The molecule has 0 amide bonds. The summed E-state index contributed by atoms with van der Waals surface area (Å²) in [4.78, 5) is 0. The molecule has 0 spiro atoms. The molecule has 0 N–H and O–H groups in total. The molecule has 0 aliphatic rings. The van der Waals surface area contributed by atoms with Crippen molar-refractivity contribution in [3.8, 4) is 0 Å². The van der Waals surface area contributed by atoms with Crippen LogP contribution in [0.25, 0.3) is 0 Å². The summed E-state index contributed by atoms with van der Waals surface area (Å²) in [6.07, 6.45) is 0. The third-order valence-electron chi connectivity index (χ3n) is 0. The van der Waals surface area contributed by atoms with Crippen molar-refractivity contribution in [1.82, 2.24) is 0 Å². The van der Waals surface area contributed by atoms with Gasteiger partial charge in [0.05, 0.1) is 0 Å². The Labute approximate surface area is 94.0 Å². The van der Waals surface area contributed by atoms with Crippen molar-refractivity contribution in [3.63, 3.8) is 0 Å². The van der Waals surface area contributed by atoms with Gasteiger partial charge in [0.25, 0.3) is 0 Å². The number of hydrogen-bond donors (Lipinski definition) is 0. The van der Waals surface area contributed by atoms with Gasteiger partial charge in [0.15, 0.2) is 0 Å². The average Bonchev–Trinajstić information content (AvgIpc) is 0.